The molecule has 3 nitrogen and oxygen atoms in total. The van der Waals surface area contributed by atoms with Gasteiger partial charge in [0.15, 0.2) is 0 Å². The molecule has 33 heavy (non-hydrogen) atoms. The monoisotopic (exact) mass is 459 g/mol. The molecular formula is C27H32F3NO2. The number of nitrogens with zero attached hydrogens (tertiary/aromatic N) is 1. The number of fused-ring (bicyclic) bond motifs is 4. The fraction of sp³-hybridized carbons (Fsp3) is 0.593. The maximum atomic E-state index is 13.7. The molecule has 0 amide bonds. The van der Waals surface area contributed by atoms with Crippen LogP contribution in [0.4, 0.5) is 13.2 Å². The van der Waals surface area contributed by atoms with Crippen molar-refractivity contribution in [2.75, 3.05) is 0 Å². The lowest BCUT2D eigenvalue weighted by Crippen LogP contribution is -2.32. The maximum absolute atomic E-state index is 13.7. The number of aliphatic hydroxyl groups is 1. The van der Waals surface area contributed by atoms with Gasteiger partial charge in [-0.05, 0) is 66.5 Å². The number of alkyl halides is 3. The van der Waals surface area contributed by atoms with Gasteiger partial charge in [0.25, 0.3) is 0 Å². The van der Waals surface area contributed by atoms with Crippen molar-refractivity contribution in [3.05, 3.63) is 63.5 Å². The van der Waals surface area contributed by atoms with Crippen LogP contribution in [-0.2, 0) is 29.5 Å². The van der Waals surface area contributed by atoms with Crippen molar-refractivity contribution in [2.24, 2.45) is 5.41 Å². The van der Waals surface area contributed by atoms with Crippen LogP contribution in [0.15, 0.2) is 24.3 Å². The standard InChI is InChI=1S/C27H32F3NO2/c1-15(2)24-18-14-33-26(23(18)22-20(31-24)12-25(3,4)13-21(22)32)10-9-16(11-26)17-7-5-6-8-19(17)27(28,29)30/h5-8,15-16,21,32H,9-14H2,1-4H3/t16?,21-,26?/m1/s1. The maximum Gasteiger partial charge on any atom is 0.416 e. The van der Waals surface area contributed by atoms with E-state index in [0.29, 0.717) is 37.9 Å². The highest BCUT2D eigenvalue weighted by atomic mass is 19.4. The molecule has 2 heterocycles. The van der Waals surface area contributed by atoms with Gasteiger partial charge in [-0.15, -0.1) is 0 Å². The molecule has 6 heteroatoms. The highest BCUT2D eigenvalue weighted by Gasteiger charge is 2.52. The van der Waals surface area contributed by atoms with Crippen LogP contribution in [0.3, 0.4) is 0 Å². The van der Waals surface area contributed by atoms with E-state index in [9.17, 15) is 18.3 Å². The molecular weight excluding hydrogens is 427 g/mol. The Kier molecular flexibility index (Phi) is 5.22. The van der Waals surface area contributed by atoms with Gasteiger partial charge in [0.2, 0.25) is 0 Å². The lowest BCUT2D eigenvalue weighted by Gasteiger charge is -2.38. The average molecular weight is 460 g/mol. The number of rotatable bonds is 2. The molecule has 2 aromatic rings. The van der Waals surface area contributed by atoms with Crippen molar-refractivity contribution in [3.8, 4) is 0 Å². The zero-order valence-electron chi connectivity index (χ0n) is 19.7. The van der Waals surface area contributed by atoms with E-state index in [0.717, 1.165) is 34.5 Å². The number of aliphatic hydroxyl groups excluding tert-OH is 1. The largest absolute Gasteiger partial charge is 0.416 e. The van der Waals surface area contributed by atoms with Gasteiger partial charge in [-0.3, -0.25) is 4.98 Å². The predicted octanol–water partition coefficient (Wildman–Crippen LogP) is 6.92. The molecule has 0 radical (unpaired) electrons. The third kappa shape index (κ3) is 3.70. The molecule has 2 unspecified atom stereocenters. The van der Waals surface area contributed by atoms with E-state index in [1.807, 2.05) is 0 Å². The number of aromatic nitrogens is 1. The van der Waals surface area contributed by atoms with Crippen molar-refractivity contribution in [1.82, 2.24) is 4.98 Å². The Hall–Kier alpha value is -1.92. The van der Waals surface area contributed by atoms with E-state index < -0.39 is 23.4 Å². The van der Waals surface area contributed by atoms with Gasteiger partial charge in [0.1, 0.15) is 0 Å². The number of ether oxygens (including phenoxy) is 1. The minimum atomic E-state index is -4.38. The summed E-state index contributed by atoms with van der Waals surface area (Å²) in [5.41, 5.74) is 4.00. The first-order valence-corrected chi connectivity index (χ1v) is 12.0. The third-order valence-corrected chi connectivity index (χ3v) is 7.85. The highest BCUT2D eigenvalue weighted by molar-refractivity contribution is 5.51. The molecule has 0 saturated heterocycles. The molecule has 178 valence electrons. The second-order valence-electron chi connectivity index (χ2n) is 11.2. The first-order valence-electron chi connectivity index (χ1n) is 12.0. The van der Waals surface area contributed by atoms with Crippen molar-refractivity contribution >= 4 is 0 Å². The number of benzene rings is 1. The van der Waals surface area contributed by atoms with Gasteiger partial charge >= 0.3 is 6.18 Å². The second kappa shape index (κ2) is 7.54. The SMILES string of the molecule is CC(C)c1nc2c(c3c1COC31CCC(c3ccccc3C(F)(F)F)C1)[C@H](O)CC(C)(C)C2. The quantitative estimate of drug-likeness (QED) is 0.530. The topological polar surface area (TPSA) is 42.4 Å². The molecule has 1 fully saturated rings. The van der Waals surface area contributed by atoms with Crippen LogP contribution in [-0.4, -0.2) is 10.1 Å². The molecule has 1 spiro atoms. The second-order valence-corrected chi connectivity index (χ2v) is 11.2. The fourth-order valence-corrected chi connectivity index (χ4v) is 6.52. The molecule has 5 rings (SSSR count). The van der Waals surface area contributed by atoms with Crippen molar-refractivity contribution in [2.45, 2.75) is 96.1 Å². The Balaban J connectivity index is 1.62. The summed E-state index contributed by atoms with van der Waals surface area (Å²) in [6.07, 6.45) is -1.81. The zero-order chi connectivity index (χ0) is 23.8. The lowest BCUT2D eigenvalue weighted by molar-refractivity contribution is -0.138. The van der Waals surface area contributed by atoms with E-state index in [4.69, 9.17) is 9.72 Å². The van der Waals surface area contributed by atoms with Crippen LogP contribution < -0.4 is 0 Å². The molecule has 3 aliphatic rings. The van der Waals surface area contributed by atoms with Crippen LogP contribution in [0.1, 0.15) is 111 Å². The Labute approximate surface area is 193 Å². The van der Waals surface area contributed by atoms with E-state index in [-0.39, 0.29) is 17.3 Å². The summed E-state index contributed by atoms with van der Waals surface area (Å²) in [5, 5.41) is 11.2. The summed E-state index contributed by atoms with van der Waals surface area (Å²) < 4.78 is 47.7. The first-order chi connectivity index (χ1) is 15.4. The predicted molar refractivity (Wildman–Crippen MR) is 120 cm³/mol. The number of halogens is 3. The van der Waals surface area contributed by atoms with Crippen LogP contribution in [0, 0.1) is 5.41 Å². The number of hydrogen-bond donors (Lipinski definition) is 1. The Morgan fingerprint density at radius 2 is 1.88 bits per heavy atom. The Morgan fingerprint density at radius 3 is 2.58 bits per heavy atom. The van der Waals surface area contributed by atoms with Crippen molar-refractivity contribution in [1.29, 1.82) is 0 Å². The Bertz CT molecular complexity index is 1090. The van der Waals surface area contributed by atoms with Crippen molar-refractivity contribution < 1.29 is 23.0 Å². The fourth-order valence-electron chi connectivity index (χ4n) is 6.52. The summed E-state index contributed by atoms with van der Waals surface area (Å²) >= 11 is 0. The molecule has 1 aromatic carbocycles. The molecule has 3 atom stereocenters. The molecule has 1 N–H and O–H groups in total. The summed E-state index contributed by atoms with van der Waals surface area (Å²) in [6.45, 7) is 8.93. The van der Waals surface area contributed by atoms with Crippen LogP contribution in [0.25, 0.3) is 0 Å². The van der Waals surface area contributed by atoms with Crippen molar-refractivity contribution in [3.63, 3.8) is 0 Å². The Morgan fingerprint density at radius 1 is 1.15 bits per heavy atom. The van der Waals surface area contributed by atoms with E-state index in [1.54, 1.807) is 12.1 Å². The number of pyridine rings is 1. The minimum absolute atomic E-state index is 0.0572. The summed E-state index contributed by atoms with van der Waals surface area (Å²) in [6, 6.07) is 5.93. The number of hydrogen-bond acceptors (Lipinski definition) is 3. The first kappa shape index (κ1) is 22.9. The summed E-state index contributed by atoms with van der Waals surface area (Å²) in [4.78, 5) is 5.02. The third-order valence-electron chi connectivity index (χ3n) is 7.85. The van der Waals surface area contributed by atoms with Gasteiger partial charge in [0.05, 0.1) is 23.9 Å². The van der Waals surface area contributed by atoms with E-state index in [1.165, 1.54) is 12.1 Å². The highest BCUT2D eigenvalue weighted by Crippen LogP contribution is 2.58. The minimum Gasteiger partial charge on any atom is -0.388 e. The molecule has 1 aliphatic heterocycles. The molecule has 1 saturated carbocycles. The van der Waals surface area contributed by atoms with Crippen LogP contribution >= 0.6 is 0 Å². The zero-order valence-corrected chi connectivity index (χ0v) is 19.7. The van der Waals surface area contributed by atoms with E-state index in [2.05, 4.69) is 27.7 Å². The average Bonchev–Trinajstić information content (AvgIpc) is 3.31. The van der Waals surface area contributed by atoms with Gasteiger partial charge < -0.3 is 9.84 Å². The molecule has 1 aromatic heterocycles. The summed E-state index contributed by atoms with van der Waals surface area (Å²) in [7, 11) is 0. The summed E-state index contributed by atoms with van der Waals surface area (Å²) in [5.74, 6) is -0.0367. The van der Waals surface area contributed by atoms with Gasteiger partial charge in [-0.25, -0.2) is 0 Å². The van der Waals surface area contributed by atoms with E-state index >= 15 is 0 Å². The normalized spacial score (nSPS) is 28.4. The van der Waals surface area contributed by atoms with Crippen LogP contribution in [0.5, 0.6) is 0 Å². The molecule has 2 aliphatic carbocycles. The lowest BCUT2D eigenvalue weighted by atomic mass is 9.70. The van der Waals surface area contributed by atoms with Crippen LogP contribution in [0.2, 0.25) is 0 Å². The van der Waals surface area contributed by atoms with Gasteiger partial charge in [-0.2, -0.15) is 13.2 Å². The smallest absolute Gasteiger partial charge is 0.388 e. The molecule has 0 bridgehead atoms. The van der Waals surface area contributed by atoms with Gasteiger partial charge in [-0.1, -0.05) is 45.9 Å². The van der Waals surface area contributed by atoms with Gasteiger partial charge in [0, 0.05) is 22.5 Å².